The van der Waals surface area contributed by atoms with Crippen LogP contribution in [-0.4, -0.2) is 18.7 Å². The number of carbonyl (C=O) groups is 1. The minimum Gasteiger partial charge on any atom is -0.463 e. The molecule has 2 nitrogen and oxygen atoms in total. The standard InChI is InChI=1S/C16H21FO2/c1-12(18)19-11-16(17)15-10-6-5-9-14(15)13-7-3-2-4-8-13/h2-4,7-8,14-16H,5-6,9-11H2,1H3. The third kappa shape index (κ3) is 3.79. The lowest BCUT2D eigenvalue weighted by Crippen LogP contribution is -2.30. The van der Waals surface area contributed by atoms with Crippen molar-refractivity contribution in [3.63, 3.8) is 0 Å². The molecular weight excluding hydrogens is 243 g/mol. The van der Waals surface area contributed by atoms with E-state index in [0.717, 1.165) is 25.7 Å². The van der Waals surface area contributed by atoms with Crippen LogP contribution in [0.4, 0.5) is 4.39 Å². The Balaban J connectivity index is 2.05. The Morgan fingerprint density at radius 3 is 2.68 bits per heavy atom. The largest absolute Gasteiger partial charge is 0.463 e. The summed E-state index contributed by atoms with van der Waals surface area (Å²) < 4.78 is 19.1. The molecule has 1 aliphatic rings. The number of hydrogen-bond acceptors (Lipinski definition) is 2. The normalized spacial score (nSPS) is 24.7. The minimum absolute atomic E-state index is 0.0319. The van der Waals surface area contributed by atoms with Gasteiger partial charge in [-0.2, -0.15) is 0 Å². The van der Waals surface area contributed by atoms with Gasteiger partial charge in [0.1, 0.15) is 12.8 Å². The van der Waals surface area contributed by atoms with E-state index in [2.05, 4.69) is 12.1 Å². The van der Waals surface area contributed by atoms with E-state index in [9.17, 15) is 9.18 Å². The van der Waals surface area contributed by atoms with Crippen LogP contribution in [0.5, 0.6) is 0 Å². The van der Waals surface area contributed by atoms with Crippen LogP contribution in [0.15, 0.2) is 30.3 Å². The van der Waals surface area contributed by atoms with E-state index in [1.165, 1.54) is 12.5 Å². The van der Waals surface area contributed by atoms with Gasteiger partial charge >= 0.3 is 5.97 Å². The van der Waals surface area contributed by atoms with Gasteiger partial charge in [0, 0.05) is 12.8 Å². The van der Waals surface area contributed by atoms with E-state index < -0.39 is 12.1 Å². The second kappa shape index (κ2) is 6.69. The smallest absolute Gasteiger partial charge is 0.302 e. The Morgan fingerprint density at radius 2 is 2.00 bits per heavy atom. The van der Waals surface area contributed by atoms with Gasteiger partial charge in [-0.15, -0.1) is 0 Å². The molecule has 3 atom stereocenters. The van der Waals surface area contributed by atoms with Gasteiger partial charge in [-0.05, 0) is 24.3 Å². The van der Waals surface area contributed by atoms with Crippen molar-refractivity contribution in [2.24, 2.45) is 5.92 Å². The van der Waals surface area contributed by atoms with Gasteiger partial charge in [0.2, 0.25) is 0 Å². The fraction of sp³-hybridized carbons (Fsp3) is 0.562. The molecule has 1 aromatic carbocycles. The first kappa shape index (κ1) is 14.0. The van der Waals surface area contributed by atoms with Gasteiger partial charge in [-0.25, -0.2) is 4.39 Å². The highest BCUT2D eigenvalue weighted by atomic mass is 19.1. The van der Waals surface area contributed by atoms with Crippen LogP contribution < -0.4 is 0 Å². The maximum Gasteiger partial charge on any atom is 0.302 e. The van der Waals surface area contributed by atoms with Gasteiger partial charge < -0.3 is 4.74 Å². The van der Waals surface area contributed by atoms with Crippen LogP contribution in [0.2, 0.25) is 0 Å². The predicted octanol–water partition coefficient (Wildman–Crippen LogP) is 3.86. The van der Waals surface area contributed by atoms with Crippen molar-refractivity contribution in [3.05, 3.63) is 35.9 Å². The molecule has 0 bridgehead atoms. The van der Waals surface area contributed by atoms with Crippen molar-refractivity contribution in [3.8, 4) is 0 Å². The Morgan fingerprint density at radius 1 is 1.32 bits per heavy atom. The summed E-state index contributed by atoms with van der Waals surface area (Å²) in [4.78, 5) is 10.8. The monoisotopic (exact) mass is 264 g/mol. The maximum atomic E-state index is 14.3. The molecule has 0 N–H and O–H groups in total. The third-order valence-corrected chi connectivity index (χ3v) is 3.96. The van der Waals surface area contributed by atoms with Crippen LogP contribution in [0, 0.1) is 5.92 Å². The van der Waals surface area contributed by atoms with E-state index in [1.54, 1.807) is 0 Å². The van der Waals surface area contributed by atoms with Crippen LogP contribution in [-0.2, 0) is 9.53 Å². The molecule has 19 heavy (non-hydrogen) atoms. The van der Waals surface area contributed by atoms with Crippen LogP contribution in [0.1, 0.15) is 44.1 Å². The van der Waals surface area contributed by atoms with Crippen LogP contribution in [0.25, 0.3) is 0 Å². The molecule has 1 fully saturated rings. The van der Waals surface area contributed by atoms with E-state index in [-0.39, 0.29) is 18.4 Å². The highest BCUT2D eigenvalue weighted by Gasteiger charge is 2.33. The first-order valence-electron chi connectivity index (χ1n) is 7.01. The van der Waals surface area contributed by atoms with E-state index in [1.807, 2.05) is 18.2 Å². The summed E-state index contributed by atoms with van der Waals surface area (Å²) >= 11 is 0. The van der Waals surface area contributed by atoms with E-state index in [4.69, 9.17) is 4.74 Å². The zero-order chi connectivity index (χ0) is 13.7. The molecule has 1 aromatic rings. The van der Waals surface area contributed by atoms with Gasteiger partial charge in [0.15, 0.2) is 0 Å². The fourth-order valence-corrected chi connectivity index (χ4v) is 3.03. The molecule has 1 saturated carbocycles. The predicted molar refractivity (Wildman–Crippen MR) is 72.7 cm³/mol. The van der Waals surface area contributed by atoms with E-state index in [0.29, 0.717) is 0 Å². The summed E-state index contributed by atoms with van der Waals surface area (Å²) in [6, 6.07) is 10.1. The Kier molecular flexibility index (Phi) is 4.94. The number of esters is 1. The highest BCUT2D eigenvalue weighted by molar-refractivity contribution is 5.65. The quantitative estimate of drug-likeness (QED) is 0.772. The molecule has 0 saturated heterocycles. The van der Waals surface area contributed by atoms with Crippen LogP contribution >= 0.6 is 0 Å². The summed E-state index contributed by atoms with van der Waals surface area (Å²) in [5, 5.41) is 0. The molecule has 1 aliphatic carbocycles. The third-order valence-electron chi connectivity index (χ3n) is 3.96. The number of alkyl halides is 1. The summed E-state index contributed by atoms with van der Waals surface area (Å²) in [5.74, 6) is -0.189. The lowest BCUT2D eigenvalue weighted by atomic mass is 9.73. The maximum absolute atomic E-state index is 14.3. The molecule has 0 amide bonds. The molecule has 0 aromatic heterocycles. The average Bonchev–Trinajstić information content (AvgIpc) is 2.45. The molecule has 3 unspecified atom stereocenters. The van der Waals surface area contributed by atoms with Gasteiger partial charge in [0.05, 0.1) is 0 Å². The highest BCUT2D eigenvalue weighted by Crippen LogP contribution is 2.40. The van der Waals surface area contributed by atoms with Crippen molar-refractivity contribution in [2.45, 2.75) is 44.7 Å². The first-order valence-corrected chi connectivity index (χ1v) is 7.01. The first-order chi connectivity index (χ1) is 9.18. The molecule has 104 valence electrons. The van der Waals surface area contributed by atoms with Crippen molar-refractivity contribution < 1.29 is 13.9 Å². The molecule has 0 heterocycles. The number of benzene rings is 1. The zero-order valence-corrected chi connectivity index (χ0v) is 11.3. The SMILES string of the molecule is CC(=O)OCC(F)C1CCCCC1c1ccccc1. The summed E-state index contributed by atoms with van der Waals surface area (Å²) in [6.07, 6.45) is 3.05. The lowest BCUT2D eigenvalue weighted by Gasteiger charge is -2.33. The number of hydrogen-bond donors (Lipinski definition) is 0. The number of halogens is 1. The second-order valence-corrected chi connectivity index (χ2v) is 5.28. The molecule has 0 aliphatic heterocycles. The topological polar surface area (TPSA) is 26.3 Å². The molecule has 3 heteroatoms. The summed E-state index contributed by atoms with van der Waals surface area (Å²) in [6.45, 7) is 1.21. The lowest BCUT2D eigenvalue weighted by molar-refractivity contribution is -0.143. The summed E-state index contributed by atoms with van der Waals surface area (Å²) in [5.41, 5.74) is 1.21. The van der Waals surface area contributed by atoms with Crippen molar-refractivity contribution in [1.29, 1.82) is 0 Å². The Labute approximate surface area is 114 Å². The average molecular weight is 264 g/mol. The zero-order valence-electron chi connectivity index (χ0n) is 11.3. The number of carbonyl (C=O) groups excluding carboxylic acids is 1. The molecular formula is C16H21FO2. The Bertz CT molecular complexity index is 404. The minimum atomic E-state index is -1.06. The summed E-state index contributed by atoms with van der Waals surface area (Å²) in [7, 11) is 0. The molecule has 0 radical (unpaired) electrons. The van der Waals surface area contributed by atoms with Gasteiger partial charge in [-0.3, -0.25) is 4.79 Å². The molecule has 0 spiro atoms. The van der Waals surface area contributed by atoms with Crippen LogP contribution in [0.3, 0.4) is 0 Å². The second-order valence-electron chi connectivity index (χ2n) is 5.28. The van der Waals surface area contributed by atoms with Gasteiger partial charge in [0.25, 0.3) is 0 Å². The Hall–Kier alpha value is -1.38. The van der Waals surface area contributed by atoms with Crippen molar-refractivity contribution >= 4 is 5.97 Å². The molecule has 2 rings (SSSR count). The number of rotatable bonds is 4. The van der Waals surface area contributed by atoms with Crippen molar-refractivity contribution in [2.75, 3.05) is 6.61 Å². The van der Waals surface area contributed by atoms with Crippen molar-refractivity contribution in [1.82, 2.24) is 0 Å². The fourth-order valence-electron chi connectivity index (χ4n) is 3.03. The van der Waals surface area contributed by atoms with Gasteiger partial charge in [-0.1, -0.05) is 43.2 Å². The number of ether oxygens (including phenoxy) is 1. The van der Waals surface area contributed by atoms with E-state index >= 15 is 0 Å².